The summed E-state index contributed by atoms with van der Waals surface area (Å²) < 4.78 is 13.4. The van der Waals surface area contributed by atoms with Gasteiger partial charge in [-0.25, -0.2) is 9.37 Å². The Morgan fingerprint density at radius 1 is 1.22 bits per heavy atom. The predicted molar refractivity (Wildman–Crippen MR) is 70.5 cm³/mol. The number of anilines is 3. The molecule has 0 aliphatic heterocycles. The van der Waals surface area contributed by atoms with E-state index in [9.17, 15) is 4.39 Å². The Hall–Kier alpha value is -2.17. The molecule has 94 valence electrons. The average Bonchev–Trinajstić information content (AvgIpc) is 2.40. The van der Waals surface area contributed by atoms with Gasteiger partial charge in [0.1, 0.15) is 0 Å². The molecule has 0 saturated carbocycles. The SMILES string of the molecule is CCCNc1nc(Nc2ccccc2)ncc1F. The molecule has 0 bridgehead atoms. The van der Waals surface area contributed by atoms with E-state index in [-0.39, 0.29) is 5.82 Å². The molecule has 1 heterocycles. The second kappa shape index (κ2) is 5.95. The number of aromatic nitrogens is 2. The minimum absolute atomic E-state index is 0.227. The zero-order chi connectivity index (χ0) is 12.8. The minimum atomic E-state index is -0.443. The predicted octanol–water partition coefficient (Wildman–Crippen LogP) is 3.18. The Labute approximate surface area is 105 Å². The normalized spacial score (nSPS) is 10.1. The van der Waals surface area contributed by atoms with Gasteiger partial charge in [0, 0.05) is 12.2 Å². The Morgan fingerprint density at radius 2 is 2.00 bits per heavy atom. The lowest BCUT2D eigenvalue weighted by Gasteiger charge is -2.08. The molecule has 4 nitrogen and oxygen atoms in total. The second-order valence-corrected chi connectivity index (χ2v) is 3.81. The highest BCUT2D eigenvalue weighted by molar-refractivity contribution is 5.54. The van der Waals surface area contributed by atoms with Crippen LogP contribution in [-0.2, 0) is 0 Å². The summed E-state index contributed by atoms with van der Waals surface area (Å²) in [6.45, 7) is 2.69. The number of nitrogens with zero attached hydrogens (tertiary/aromatic N) is 2. The highest BCUT2D eigenvalue weighted by atomic mass is 19.1. The zero-order valence-corrected chi connectivity index (χ0v) is 10.2. The third kappa shape index (κ3) is 3.16. The van der Waals surface area contributed by atoms with Gasteiger partial charge in [0.05, 0.1) is 6.20 Å². The maximum atomic E-state index is 13.4. The molecule has 5 heteroatoms. The Bertz CT molecular complexity index is 502. The molecule has 2 N–H and O–H groups in total. The first-order valence-electron chi connectivity index (χ1n) is 5.88. The molecule has 0 fully saturated rings. The summed E-state index contributed by atoms with van der Waals surface area (Å²) in [6, 6.07) is 9.52. The standard InChI is InChI=1S/C13H15FN4/c1-2-8-15-12-11(14)9-16-13(18-12)17-10-6-4-3-5-7-10/h3-7,9H,2,8H2,1H3,(H2,15,16,17,18). The molecule has 0 amide bonds. The van der Waals surface area contributed by atoms with E-state index in [1.54, 1.807) is 0 Å². The fraction of sp³-hybridized carbons (Fsp3) is 0.231. The molecular formula is C13H15FN4. The minimum Gasteiger partial charge on any atom is -0.367 e. The van der Waals surface area contributed by atoms with Crippen molar-refractivity contribution in [1.82, 2.24) is 9.97 Å². The molecule has 1 aromatic carbocycles. The first-order valence-corrected chi connectivity index (χ1v) is 5.88. The summed E-state index contributed by atoms with van der Waals surface area (Å²) in [4.78, 5) is 8.00. The van der Waals surface area contributed by atoms with Gasteiger partial charge in [-0.2, -0.15) is 4.98 Å². The summed E-state index contributed by atoms with van der Waals surface area (Å²) in [5, 5.41) is 5.94. The maximum absolute atomic E-state index is 13.4. The fourth-order valence-electron chi connectivity index (χ4n) is 1.45. The van der Waals surface area contributed by atoms with Gasteiger partial charge in [-0.05, 0) is 18.6 Å². The van der Waals surface area contributed by atoms with Crippen LogP contribution in [0.1, 0.15) is 13.3 Å². The van der Waals surface area contributed by atoms with Crippen molar-refractivity contribution < 1.29 is 4.39 Å². The van der Waals surface area contributed by atoms with Crippen molar-refractivity contribution in [1.29, 1.82) is 0 Å². The highest BCUT2D eigenvalue weighted by Gasteiger charge is 2.06. The van der Waals surface area contributed by atoms with E-state index in [4.69, 9.17) is 0 Å². The summed E-state index contributed by atoms with van der Waals surface area (Å²) >= 11 is 0. The molecule has 0 saturated heterocycles. The van der Waals surface area contributed by atoms with E-state index in [2.05, 4.69) is 20.6 Å². The number of hydrogen-bond donors (Lipinski definition) is 2. The van der Waals surface area contributed by atoms with Crippen molar-refractivity contribution in [3.05, 3.63) is 42.3 Å². The van der Waals surface area contributed by atoms with Crippen LogP contribution in [0.15, 0.2) is 36.5 Å². The summed E-state index contributed by atoms with van der Waals surface area (Å²) in [5.41, 5.74) is 0.866. The molecule has 0 aliphatic carbocycles. The van der Waals surface area contributed by atoms with E-state index >= 15 is 0 Å². The smallest absolute Gasteiger partial charge is 0.229 e. The molecule has 2 rings (SSSR count). The molecule has 0 radical (unpaired) electrons. The number of benzene rings is 1. The van der Waals surface area contributed by atoms with Gasteiger partial charge in [0.2, 0.25) is 5.95 Å². The number of halogens is 1. The largest absolute Gasteiger partial charge is 0.367 e. The quantitative estimate of drug-likeness (QED) is 0.850. The third-order valence-electron chi connectivity index (χ3n) is 2.32. The van der Waals surface area contributed by atoms with Crippen LogP contribution in [0.3, 0.4) is 0 Å². The van der Waals surface area contributed by atoms with Crippen LogP contribution in [0.5, 0.6) is 0 Å². The van der Waals surface area contributed by atoms with E-state index in [0.717, 1.165) is 18.3 Å². The van der Waals surface area contributed by atoms with Gasteiger partial charge in [-0.1, -0.05) is 25.1 Å². The topological polar surface area (TPSA) is 49.8 Å². The third-order valence-corrected chi connectivity index (χ3v) is 2.32. The number of rotatable bonds is 5. The van der Waals surface area contributed by atoms with Crippen LogP contribution in [0.25, 0.3) is 0 Å². The van der Waals surface area contributed by atoms with Crippen molar-refractivity contribution in [3.63, 3.8) is 0 Å². The second-order valence-electron chi connectivity index (χ2n) is 3.81. The lowest BCUT2D eigenvalue weighted by atomic mass is 10.3. The van der Waals surface area contributed by atoms with E-state index in [0.29, 0.717) is 12.5 Å². The Balaban J connectivity index is 2.14. The zero-order valence-electron chi connectivity index (χ0n) is 10.2. The molecule has 0 spiro atoms. The monoisotopic (exact) mass is 246 g/mol. The Morgan fingerprint density at radius 3 is 2.72 bits per heavy atom. The lowest BCUT2D eigenvalue weighted by molar-refractivity contribution is 0.617. The first-order chi connectivity index (χ1) is 8.79. The van der Waals surface area contributed by atoms with Crippen LogP contribution >= 0.6 is 0 Å². The van der Waals surface area contributed by atoms with Gasteiger partial charge in [0.25, 0.3) is 0 Å². The van der Waals surface area contributed by atoms with Gasteiger partial charge >= 0.3 is 0 Å². The Kier molecular flexibility index (Phi) is 4.06. The molecule has 0 aliphatic rings. The first kappa shape index (κ1) is 12.3. The van der Waals surface area contributed by atoms with Crippen molar-refractivity contribution >= 4 is 17.5 Å². The molecule has 18 heavy (non-hydrogen) atoms. The number of hydrogen-bond acceptors (Lipinski definition) is 4. The van der Waals surface area contributed by atoms with Gasteiger partial charge < -0.3 is 10.6 Å². The highest BCUT2D eigenvalue weighted by Crippen LogP contribution is 2.15. The van der Waals surface area contributed by atoms with E-state index in [1.165, 1.54) is 0 Å². The summed E-state index contributed by atoms with van der Waals surface area (Å²) in [6.07, 6.45) is 2.07. The average molecular weight is 246 g/mol. The molecule has 0 unspecified atom stereocenters. The summed E-state index contributed by atoms with van der Waals surface area (Å²) in [5.74, 6) is 0.161. The van der Waals surface area contributed by atoms with E-state index in [1.807, 2.05) is 37.3 Å². The van der Waals surface area contributed by atoms with Crippen LogP contribution in [0.2, 0.25) is 0 Å². The van der Waals surface area contributed by atoms with Crippen LogP contribution in [0.4, 0.5) is 21.8 Å². The number of nitrogens with one attached hydrogen (secondary N) is 2. The summed E-state index contributed by atoms with van der Waals surface area (Å²) in [7, 11) is 0. The van der Waals surface area contributed by atoms with Crippen LogP contribution < -0.4 is 10.6 Å². The fourth-order valence-corrected chi connectivity index (χ4v) is 1.45. The molecule has 0 atom stereocenters. The lowest BCUT2D eigenvalue weighted by Crippen LogP contribution is -2.07. The van der Waals surface area contributed by atoms with Crippen molar-refractivity contribution in [3.8, 4) is 0 Å². The molecule has 1 aromatic heterocycles. The molecule has 2 aromatic rings. The number of para-hydroxylation sites is 1. The van der Waals surface area contributed by atoms with Gasteiger partial charge in [-0.3, -0.25) is 0 Å². The van der Waals surface area contributed by atoms with Crippen LogP contribution in [0, 0.1) is 5.82 Å². The van der Waals surface area contributed by atoms with Crippen molar-refractivity contribution in [2.24, 2.45) is 0 Å². The van der Waals surface area contributed by atoms with Gasteiger partial charge in [0.15, 0.2) is 11.6 Å². The maximum Gasteiger partial charge on any atom is 0.229 e. The van der Waals surface area contributed by atoms with E-state index < -0.39 is 5.82 Å². The van der Waals surface area contributed by atoms with Gasteiger partial charge in [-0.15, -0.1) is 0 Å². The van der Waals surface area contributed by atoms with Crippen molar-refractivity contribution in [2.75, 3.05) is 17.2 Å². The molecular weight excluding hydrogens is 231 g/mol. The van der Waals surface area contributed by atoms with Crippen LogP contribution in [-0.4, -0.2) is 16.5 Å². The van der Waals surface area contributed by atoms with Crippen molar-refractivity contribution in [2.45, 2.75) is 13.3 Å².